The van der Waals surface area contributed by atoms with Crippen LogP contribution in [0.3, 0.4) is 0 Å². The average Bonchev–Trinajstić information content (AvgIpc) is 2.41. The van der Waals surface area contributed by atoms with E-state index in [1.165, 1.54) is 13.2 Å². The van der Waals surface area contributed by atoms with E-state index in [4.69, 9.17) is 21.1 Å². The Kier molecular flexibility index (Phi) is 4.80. The van der Waals surface area contributed by atoms with Crippen LogP contribution >= 0.6 is 11.6 Å². The van der Waals surface area contributed by atoms with Crippen molar-refractivity contribution in [2.24, 2.45) is 0 Å². The first-order valence-electron chi connectivity index (χ1n) is 5.95. The second kappa shape index (κ2) is 6.36. The predicted molar refractivity (Wildman–Crippen MR) is 68.7 cm³/mol. The van der Waals surface area contributed by atoms with Crippen molar-refractivity contribution in [3.8, 4) is 5.75 Å². The third-order valence-electron chi connectivity index (χ3n) is 3.05. The van der Waals surface area contributed by atoms with Crippen LogP contribution in [0.1, 0.15) is 5.56 Å². The molecule has 0 amide bonds. The third kappa shape index (κ3) is 3.34. The van der Waals surface area contributed by atoms with Crippen molar-refractivity contribution in [3.63, 3.8) is 0 Å². The zero-order valence-electron chi connectivity index (χ0n) is 10.4. The van der Waals surface area contributed by atoms with E-state index in [0.29, 0.717) is 30.3 Å². The SMILES string of the molecule is COc1ccc(CN2CCOC(CCl)C2)c(F)c1. The van der Waals surface area contributed by atoms with Crippen LogP contribution in [-0.4, -0.2) is 43.7 Å². The minimum Gasteiger partial charge on any atom is -0.497 e. The van der Waals surface area contributed by atoms with Gasteiger partial charge in [-0.2, -0.15) is 0 Å². The lowest BCUT2D eigenvalue weighted by atomic mass is 10.1. The van der Waals surface area contributed by atoms with Gasteiger partial charge < -0.3 is 9.47 Å². The van der Waals surface area contributed by atoms with Gasteiger partial charge in [0.2, 0.25) is 0 Å². The van der Waals surface area contributed by atoms with Gasteiger partial charge in [0, 0.05) is 37.1 Å². The van der Waals surface area contributed by atoms with Gasteiger partial charge in [0.25, 0.3) is 0 Å². The smallest absolute Gasteiger partial charge is 0.131 e. The molecule has 1 aromatic carbocycles. The van der Waals surface area contributed by atoms with Gasteiger partial charge in [-0.15, -0.1) is 11.6 Å². The van der Waals surface area contributed by atoms with Crippen LogP contribution < -0.4 is 4.74 Å². The summed E-state index contributed by atoms with van der Waals surface area (Å²) >= 11 is 5.78. The molecule has 2 rings (SSSR count). The standard InChI is InChI=1S/C13H17ClFNO2/c1-17-11-3-2-10(13(15)6-11)8-16-4-5-18-12(7-14)9-16/h2-3,6,12H,4-5,7-9H2,1H3. The number of morpholine rings is 1. The molecule has 1 saturated heterocycles. The molecule has 0 aromatic heterocycles. The van der Waals surface area contributed by atoms with E-state index < -0.39 is 0 Å². The summed E-state index contributed by atoms with van der Waals surface area (Å²) in [6.07, 6.45) is 0.0433. The number of nitrogens with zero attached hydrogens (tertiary/aromatic N) is 1. The summed E-state index contributed by atoms with van der Waals surface area (Å²) in [5, 5.41) is 0. The largest absolute Gasteiger partial charge is 0.497 e. The molecule has 1 aliphatic rings. The quantitative estimate of drug-likeness (QED) is 0.786. The topological polar surface area (TPSA) is 21.7 Å². The molecule has 0 aliphatic carbocycles. The molecule has 18 heavy (non-hydrogen) atoms. The molecule has 0 N–H and O–H groups in total. The van der Waals surface area contributed by atoms with Gasteiger partial charge >= 0.3 is 0 Å². The molecule has 1 aromatic rings. The number of alkyl halides is 1. The highest BCUT2D eigenvalue weighted by Gasteiger charge is 2.20. The van der Waals surface area contributed by atoms with E-state index in [1.54, 1.807) is 12.1 Å². The summed E-state index contributed by atoms with van der Waals surface area (Å²) in [5.74, 6) is 0.779. The van der Waals surface area contributed by atoms with Crippen molar-refractivity contribution in [1.82, 2.24) is 4.90 Å². The first-order chi connectivity index (χ1) is 8.72. The van der Waals surface area contributed by atoms with Crippen LogP contribution in [0, 0.1) is 5.82 Å². The Labute approximate surface area is 111 Å². The number of hydrogen-bond donors (Lipinski definition) is 0. The average molecular weight is 274 g/mol. The van der Waals surface area contributed by atoms with Gasteiger partial charge in [-0.25, -0.2) is 4.39 Å². The van der Waals surface area contributed by atoms with Crippen molar-refractivity contribution in [2.45, 2.75) is 12.6 Å². The minimum atomic E-state index is -0.233. The molecule has 5 heteroatoms. The Morgan fingerprint density at radius 3 is 3.06 bits per heavy atom. The zero-order chi connectivity index (χ0) is 13.0. The number of methoxy groups -OCH3 is 1. The Hall–Kier alpha value is -0.840. The van der Waals surface area contributed by atoms with Crippen LogP contribution in [0.2, 0.25) is 0 Å². The number of hydrogen-bond acceptors (Lipinski definition) is 3. The van der Waals surface area contributed by atoms with Crippen molar-refractivity contribution in [1.29, 1.82) is 0 Å². The van der Waals surface area contributed by atoms with Crippen LogP contribution in [-0.2, 0) is 11.3 Å². The lowest BCUT2D eigenvalue weighted by molar-refractivity contribution is -0.0197. The molecule has 0 bridgehead atoms. The first-order valence-corrected chi connectivity index (χ1v) is 6.48. The van der Waals surface area contributed by atoms with E-state index in [1.807, 2.05) is 0 Å². The molecular formula is C13H17ClFNO2. The highest BCUT2D eigenvalue weighted by atomic mass is 35.5. The summed E-state index contributed by atoms with van der Waals surface area (Å²) in [4.78, 5) is 2.15. The van der Waals surface area contributed by atoms with Crippen LogP contribution in [0.25, 0.3) is 0 Å². The van der Waals surface area contributed by atoms with Crippen molar-refractivity contribution in [2.75, 3.05) is 32.7 Å². The van der Waals surface area contributed by atoms with Crippen molar-refractivity contribution >= 4 is 11.6 Å². The van der Waals surface area contributed by atoms with Crippen LogP contribution in [0.4, 0.5) is 4.39 Å². The highest BCUT2D eigenvalue weighted by molar-refractivity contribution is 6.18. The number of ether oxygens (including phenoxy) is 2. The molecule has 100 valence electrons. The molecule has 1 fully saturated rings. The molecule has 1 atom stereocenters. The van der Waals surface area contributed by atoms with Gasteiger partial charge in [0.15, 0.2) is 0 Å². The second-order valence-corrected chi connectivity index (χ2v) is 4.65. The maximum atomic E-state index is 13.8. The summed E-state index contributed by atoms with van der Waals surface area (Å²) in [7, 11) is 1.53. The van der Waals surface area contributed by atoms with E-state index >= 15 is 0 Å². The maximum Gasteiger partial charge on any atom is 0.131 e. The monoisotopic (exact) mass is 273 g/mol. The summed E-state index contributed by atoms with van der Waals surface area (Å²) < 4.78 is 24.3. The normalized spacial score (nSPS) is 20.9. The van der Waals surface area contributed by atoms with Crippen molar-refractivity contribution < 1.29 is 13.9 Å². The molecule has 1 unspecified atom stereocenters. The van der Waals surface area contributed by atoms with Gasteiger partial charge in [0.05, 0.1) is 19.8 Å². The maximum absolute atomic E-state index is 13.8. The van der Waals surface area contributed by atoms with E-state index in [9.17, 15) is 4.39 Å². The highest BCUT2D eigenvalue weighted by Crippen LogP contribution is 2.19. The van der Waals surface area contributed by atoms with Crippen LogP contribution in [0.15, 0.2) is 18.2 Å². The summed E-state index contributed by atoms with van der Waals surface area (Å²) in [5.41, 5.74) is 0.672. The lowest BCUT2D eigenvalue weighted by Gasteiger charge is -2.32. The molecule has 3 nitrogen and oxygen atoms in total. The Balaban J connectivity index is 2.00. The molecule has 1 heterocycles. The molecule has 0 saturated carbocycles. The number of halogens is 2. The van der Waals surface area contributed by atoms with E-state index in [-0.39, 0.29) is 11.9 Å². The fourth-order valence-electron chi connectivity index (χ4n) is 2.04. The predicted octanol–water partition coefficient (Wildman–Crippen LogP) is 2.27. The fourth-order valence-corrected chi connectivity index (χ4v) is 2.23. The summed E-state index contributed by atoms with van der Waals surface area (Å²) in [6.45, 7) is 2.77. The molecule has 0 spiro atoms. The number of benzene rings is 1. The minimum absolute atomic E-state index is 0.0433. The molecule has 0 radical (unpaired) electrons. The van der Waals surface area contributed by atoms with Crippen molar-refractivity contribution in [3.05, 3.63) is 29.6 Å². The Morgan fingerprint density at radius 2 is 2.39 bits per heavy atom. The zero-order valence-corrected chi connectivity index (χ0v) is 11.1. The summed E-state index contributed by atoms with van der Waals surface area (Å²) in [6, 6.07) is 4.95. The molecular weight excluding hydrogens is 257 g/mol. The van der Waals surface area contributed by atoms with Crippen LogP contribution in [0.5, 0.6) is 5.75 Å². The van der Waals surface area contributed by atoms with E-state index in [2.05, 4.69) is 4.90 Å². The van der Waals surface area contributed by atoms with Gasteiger partial charge in [-0.1, -0.05) is 6.07 Å². The fraction of sp³-hybridized carbons (Fsp3) is 0.538. The Bertz CT molecular complexity index is 403. The Morgan fingerprint density at radius 1 is 1.56 bits per heavy atom. The lowest BCUT2D eigenvalue weighted by Crippen LogP contribution is -2.42. The van der Waals surface area contributed by atoms with E-state index in [0.717, 1.165) is 13.1 Å². The first kappa shape index (κ1) is 13.6. The molecule has 1 aliphatic heterocycles. The third-order valence-corrected chi connectivity index (χ3v) is 3.39. The van der Waals surface area contributed by atoms with Gasteiger partial charge in [-0.3, -0.25) is 4.90 Å². The second-order valence-electron chi connectivity index (χ2n) is 4.34. The number of rotatable bonds is 4. The van der Waals surface area contributed by atoms with Gasteiger partial charge in [-0.05, 0) is 6.07 Å². The van der Waals surface area contributed by atoms with Gasteiger partial charge in [0.1, 0.15) is 11.6 Å².